The van der Waals surface area contributed by atoms with Crippen LogP contribution in [-0.2, 0) is 26.2 Å². The van der Waals surface area contributed by atoms with Crippen LogP contribution in [0.3, 0.4) is 0 Å². The zero-order chi connectivity index (χ0) is 23.8. The minimum atomic E-state index is -3.98. The second kappa shape index (κ2) is 9.21. The van der Waals surface area contributed by atoms with E-state index in [0.29, 0.717) is 11.6 Å². The maximum absolute atomic E-state index is 13.5. The molecule has 4 rings (SSSR count). The van der Waals surface area contributed by atoms with Crippen molar-refractivity contribution in [2.24, 2.45) is 0 Å². The lowest BCUT2D eigenvalue weighted by atomic mass is 10.0. The van der Waals surface area contributed by atoms with E-state index in [1.807, 2.05) is 43.3 Å². The molecule has 8 heteroatoms. The van der Waals surface area contributed by atoms with E-state index in [2.05, 4.69) is 13.8 Å². The fraction of sp³-hybridized carbons (Fsp3) is 0.280. The Labute approximate surface area is 198 Å². The fourth-order valence-electron chi connectivity index (χ4n) is 3.88. The van der Waals surface area contributed by atoms with E-state index in [-0.39, 0.29) is 17.2 Å². The summed E-state index contributed by atoms with van der Waals surface area (Å²) in [5.74, 6) is -0.611. The molecule has 0 spiro atoms. The van der Waals surface area contributed by atoms with Gasteiger partial charge in [-0.2, -0.15) is 4.31 Å². The highest BCUT2D eigenvalue weighted by Crippen LogP contribution is 2.32. The average molecular weight is 483 g/mol. The second-order valence-electron chi connectivity index (χ2n) is 8.50. The molecule has 2 heterocycles. The van der Waals surface area contributed by atoms with Crippen molar-refractivity contribution in [2.45, 2.75) is 49.9 Å². The van der Waals surface area contributed by atoms with Gasteiger partial charge in [0.15, 0.2) is 0 Å². The third-order valence-electron chi connectivity index (χ3n) is 5.81. The third-order valence-corrected chi connectivity index (χ3v) is 9.03. The smallest absolute Gasteiger partial charge is 0.253 e. The van der Waals surface area contributed by atoms with Gasteiger partial charge in [0, 0.05) is 6.54 Å². The summed E-state index contributed by atoms with van der Waals surface area (Å²) in [7, 11) is -3.98. The van der Waals surface area contributed by atoms with Gasteiger partial charge in [0.2, 0.25) is 5.91 Å². The van der Waals surface area contributed by atoms with Crippen molar-refractivity contribution in [3.8, 4) is 0 Å². The Morgan fingerprint density at radius 2 is 1.70 bits per heavy atom. The van der Waals surface area contributed by atoms with Crippen molar-refractivity contribution in [3.05, 3.63) is 82.7 Å². The van der Waals surface area contributed by atoms with Crippen molar-refractivity contribution >= 4 is 38.9 Å². The van der Waals surface area contributed by atoms with Gasteiger partial charge in [-0.1, -0.05) is 61.9 Å². The van der Waals surface area contributed by atoms with Crippen LogP contribution in [0.4, 0.5) is 5.69 Å². The summed E-state index contributed by atoms with van der Waals surface area (Å²) in [4.78, 5) is 27.5. The molecule has 1 aromatic heterocycles. The van der Waals surface area contributed by atoms with E-state index >= 15 is 0 Å². The first-order valence-electron chi connectivity index (χ1n) is 10.8. The number of anilines is 1. The molecule has 172 valence electrons. The number of thiophene rings is 1. The monoisotopic (exact) mass is 482 g/mol. The highest BCUT2D eigenvalue weighted by molar-refractivity contribution is 7.91. The van der Waals surface area contributed by atoms with Crippen LogP contribution >= 0.6 is 11.3 Å². The lowest BCUT2D eigenvalue weighted by Crippen LogP contribution is -2.44. The molecule has 0 radical (unpaired) electrons. The van der Waals surface area contributed by atoms with Gasteiger partial charge in [0.1, 0.15) is 10.3 Å². The summed E-state index contributed by atoms with van der Waals surface area (Å²) in [6.45, 7) is 6.08. The van der Waals surface area contributed by atoms with Gasteiger partial charge < -0.3 is 0 Å². The Kier molecular flexibility index (Phi) is 6.52. The predicted octanol–water partition coefficient (Wildman–Crippen LogP) is 4.70. The van der Waals surface area contributed by atoms with Gasteiger partial charge in [0.25, 0.3) is 15.9 Å². The van der Waals surface area contributed by atoms with Crippen molar-refractivity contribution in [1.82, 2.24) is 4.31 Å². The van der Waals surface area contributed by atoms with E-state index in [0.717, 1.165) is 32.9 Å². The van der Waals surface area contributed by atoms with Gasteiger partial charge in [0.05, 0.1) is 12.1 Å². The molecule has 0 bridgehead atoms. The number of hydrogen-bond donors (Lipinski definition) is 0. The lowest BCUT2D eigenvalue weighted by molar-refractivity contribution is -0.122. The maximum Gasteiger partial charge on any atom is 0.253 e. The number of nitrogens with zero attached hydrogens (tertiary/aromatic N) is 2. The first kappa shape index (κ1) is 23.4. The van der Waals surface area contributed by atoms with Crippen LogP contribution in [-0.4, -0.2) is 30.6 Å². The Morgan fingerprint density at radius 1 is 1.03 bits per heavy atom. The molecule has 2 amide bonds. The summed E-state index contributed by atoms with van der Waals surface area (Å²) in [5, 5.41) is 1.68. The maximum atomic E-state index is 13.5. The third kappa shape index (κ3) is 4.64. The first-order valence-corrected chi connectivity index (χ1v) is 13.1. The summed E-state index contributed by atoms with van der Waals surface area (Å²) in [5.41, 5.74) is 3.35. The van der Waals surface area contributed by atoms with Gasteiger partial charge >= 0.3 is 0 Å². The molecule has 1 aliphatic rings. The highest BCUT2D eigenvalue weighted by Gasteiger charge is 2.47. The highest BCUT2D eigenvalue weighted by atomic mass is 32.2. The van der Waals surface area contributed by atoms with Crippen LogP contribution in [0.15, 0.2) is 70.3 Å². The number of carbonyl (C=O) groups excluding carboxylic acids is 2. The van der Waals surface area contributed by atoms with Crippen LogP contribution in [0, 0.1) is 6.92 Å². The van der Waals surface area contributed by atoms with Crippen molar-refractivity contribution in [1.29, 1.82) is 0 Å². The summed E-state index contributed by atoms with van der Waals surface area (Å²) < 4.78 is 28.4. The van der Waals surface area contributed by atoms with Crippen molar-refractivity contribution < 1.29 is 18.0 Å². The van der Waals surface area contributed by atoms with E-state index in [4.69, 9.17) is 0 Å². The summed E-state index contributed by atoms with van der Waals surface area (Å²) in [6.07, 6.45) is -0.193. The molecule has 3 aromatic rings. The van der Waals surface area contributed by atoms with Gasteiger partial charge in [-0.3, -0.25) is 9.59 Å². The van der Waals surface area contributed by atoms with Crippen LogP contribution < -0.4 is 4.90 Å². The van der Waals surface area contributed by atoms with E-state index < -0.39 is 27.9 Å². The van der Waals surface area contributed by atoms with Gasteiger partial charge in [-0.15, -0.1) is 11.3 Å². The van der Waals surface area contributed by atoms with Crippen LogP contribution in [0.25, 0.3) is 0 Å². The first-order chi connectivity index (χ1) is 15.7. The predicted molar refractivity (Wildman–Crippen MR) is 130 cm³/mol. The Morgan fingerprint density at radius 3 is 2.27 bits per heavy atom. The molecule has 0 saturated carbocycles. The Bertz CT molecular complexity index is 1250. The molecule has 1 fully saturated rings. The van der Waals surface area contributed by atoms with Gasteiger partial charge in [-0.05, 0) is 47.5 Å². The number of amides is 2. The number of imide groups is 1. The zero-order valence-electron chi connectivity index (χ0n) is 18.8. The molecule has 1 aliphatic heterocycles. The fourth-order valence-corrected chi connectivity index (χ4v) is 6.57. The standard InChI is InChI=1S/C25H26N2O4S2/c1-17(2)20-10-12-21(13-11-20)27-23(28)15-22(25(27)29)26(16-19-8-6-18(3)7-9-19)33(30,31)24-5-4-14-32-24/h4-14,17,22H,15-16H2,1-3H3. The quantitative estimate of drug-likeness (QED) is 0.458. The number of aryl methyl sites for hydroxylation is 1. The lowest BCUT2D eigenvalue weighted by Gasteiger charge is -2.26. The molecule has 0 aliphatic carbocycles. The molecule has 1 saturated heterocycles. The largest absolute Gasteiger partial charge is 0.274 e. The minimum absolute atomic E-state index is 0.00429. The minimum Gasteiger partial charge on any atom is -0.274 e. The molecule has 0 N–H and O–H groups in total. The van der Waals surface area contributed by atoms with Crippen LogP contribution in [0.2, 0.25) is 0 Å². The Hall–Kier alpha value is -2.81. The SMILES string of the molecule is Cc1ccc(CN(C2CC(=O)N(c3ccc(C(C)C)cc3)C2=O)S(=O)(=O)c2cccs2)cc1. The molecule has 1 unspecified atom stereocenters. The average Bonchev–Trinajstić information content (AvgIpc) is 3.42. The Balaban J connectivity index is 1.70. The molecular formula is C25H26N2O4S2. The second-order valence-corrected chi connectivity index (χ2v) is 11.6. The summed E-state index contributed by atoms with van der Waals surface area (Å²) in [6, 6.07) is 16.8. The normalized spacial score (nSPS) is 16.9. The van der Waals surface area contributed by atoms with Crippen molar-refractivity contribution in [2.75, 3.05) is 4.90 Å². The van der Waals surface area contributed by atoms with Crippen LogP contribution in [0.5, 0.6) is 0 Å². The van der Waals surface area contributed by atoms with Crippen LogP contribution in [0.1, 0.15) is 42.9 Å². The number of hydrogen-bond acceptors (Lipinski definition) is 5. The van der Waals surface area contributed by atoms with E-state index in [1.54, 1.807) is 23.6 Å². The molecule has 2 aromatic carbocycles. The number of rotatable bonds is 7. The number of carbonyl (C=O) groups is 2. The molecule has 6 nitrogen and oxygen atoms in total. The molecular weight excluding hydrogens is 456 g/mol. The molecule has 33 heavy (non-hydrogen) atoms. The summed E-state index contributed by atoms with van der Waals surface area (Å²) >= 11 is 1.09. The van der Waals surface area contributed by atoms with E-state index in [9.17, 15) is 18.0 Å². The topological polar surface area (TPSA) is 74.8 Å². The number of benzene rings is 2. The molecule has 1 atom stereocenters. The van der Waals surface area contributed by atoms with Gasteiger partial charge in [-0.25, -0.2) is 13.3 Å². The van der Waals surface area contributed by atoms with Crippen molar-refractivity contribution in [3.63, 3.8) is 0 Å². The number of sulfonamides is 1. The van der Waals surface area contributed by atoms with E-state index in [1.165, 1.54) is 10.4 Å². The zero-order valence-corrected chi connectivity index (χ0v) is 20.4.